The molecule has 0 saturated heterocycles. The number of nitrogens with zero attached hydrogens (tertiary/aromatic N) is 2. The van der Waals surface area contributed by atoms with Crippen molar-refractivity contribution < 1.29 is 4.74 Å². The van der Waals surface area contributed by atoms with Gasteiger partial charge in [0.1, 0.15) is 22.9 Å². The van der Waals surface area contributed by atoms with E-state index in [0.29, 0.717) is 23.6 Å². The lowest BCUT2D eigenvalue weighted by Crippen LogP contribution is -2.11. The number of pyridine rings is 2. The number of aromatic amines is 1. The lowest BCUT2D eigenvalue weighted by atomic mass is 10.1. The Morgan fingerprint density at radius 1 is 1.03 bits per heavy atom. The zero-order chi connectivity index (χ0) is 20.5. The third kappa shape index (κ3) is 3.18. The monoisotopic (exact) mass is 396 g/mol. The zero-order valence-electron chi connectivity index (χ0n) is 16.4. The lowest BCUT2D eigenvalue weighted by Gasteiger charge is -2.09. The first kappa shape index (κ1) is 18.0. The van der Waals surface area contributed by atoms with Gasteiger partial charge in [0.2, 0.25) is 0 Å². The van der Waals surface area contributed by atoms with Crippen LogP contribution >= 0.6 is 0 Å². The highest BCUT2D eigenvalue weighted by Crippen LogP contribution is 2.29. The summed E-state index contributed by atoms with van der Waals surface area (Å²) in [5.41, 5.74) is 3.60. The average molecular weight is 396 g/mol. The van der Waals surface area contributed by atoms with Gasteiger partial charge in [0.25, 0.3) is 5.56 Å². The highest BCUT2D eigenvalue weighted by molar-refractivity contribution is 5.86. The van der Waals surface area contributed by atoms with Crippen LogP contribution < -0.4 is 15.6 Å². The van der Waals surface area contributed by atoms with Crippen LogP contribution in [0.4, 0.5) is 5.82 Å². The number of hydrogen-bond acceptors (Lipinski definition) is 4. The fourth-order valence-corrected chi connectivity index (χ4v) is 3.62. The van der Waals surface area contributed by atoms with Gasteiger partial charge in [-0.15, -0.1) is 0 Å². The number of imidazole rings is 1. The SMILES string of the molecule is COc1ccc2cc(-c3nc4ccccn4c3NCc3ccccc3)c(=O)[nH]c2c1. The fraction of sp³-hybridized carbons (Fsp3) is 0.0833. The van der Waals surface area contributed by atoms with E-state index < -0.39 is 0 Å². The summed E-state index contributed by atoms with van der Waals surface area (Å²) in [7, 11) is 1.61. The Balaban J connectivity index is 1.65. The van der Waals surface area contributed by atoms with Crippen LogP contribution in [0.3, 0.4) is 0 Å². The molecule has 2 N–H and O–H groups in total. The van der Waals surface area contributed by atoms with Crippen LogP contribution in [0.15, 0.2) is 83.8 Å². The molecule has 6 heteroatoms. The smallest absolute Gasteiger partial charge is 0.258 e. The summed E-state index contributed by atoms with van der Waals surface area (Å²) >= 11 is 0. The predicted octanol–water partition coefficient (Wildman–Crippen LogP) is 4.46. The van der Waals surface area contributed by atoms with E-state index in [1.165, 1.54) is 0 Å². The number of methoxy groups -OCH3 is 1. The van der Waals surface area contributed by atoms with Crippen molar-refractivity contribution in [3.8, 4) is 17.0 Å². The molecule has 0 atom stereocenters. The zero-order valence-corrected chi connectivity index (χ0v) is 16.4. The van der Waals surface area contributed by atoms with E-state index in [0.717, 1.165) is 27.9 Å². The number of ether oxygens (including phenoxy) is 1. The van der Waals surface area contributed by atoms with Crippen LogP contribution in [0.5, 0.6) is 5.75 Å². The van der Waals surface area contributed by atoms with Crippen molar-refractivity contribution in [2.75, 3.05) is 12.4 Å². The standard InChI is InChI=1S/C24H20N4O2/c1-30-18-11-10-17-13-19(24(29)26-20(17)14-18)22-23(25-15-16-7-3-2-4-8-16)28-12-6-5-9-21(28)27-22/h2-14,25H,15H2,1H3,(H,26,29). The van der Waals surface area contributed by atoms with E-state index in [1.54, 1.807) is 7.11 Å². The largest absolute Gasteiger partial charge is 0.497 e. The molecule has 5 rings (SSSR count). The third-order valence-corrected chi connectivity index (χ3v) is 5.14. The predicted molar refractivity (Wildman–Crippen MR) is 119 cm³/mol. The normalized spacial score (nSPS) is 11.1. The molecule has 0 unspecified atom stereocenters. The Kier molecular flexibility index (Phi) is 4.44. The molecular weight excluding hydrogens is 376 g/mol. The van der Waals surface area contributed by atoms with Crippen LogP contribution in [0.1, 0.15) is 5.56 Å². The third-order valence-electron chi connectivity index (χ3n) is 5.14. The molecule has 0 radical (unpaired) electrons. The van der Waals surface area contributed by atoms with Crippen molar-refractivity contribution in [2.45, 2.75) is 6.54 Å². The van der Waals surface area contributed by atoms with Gasteiger partial charge in [0.05, 0.1) is 18.2 Å². The van der Waals surface area contributed by atoms with Gasteiger partial charge in [-0.1, -0.05) is 36.4 Å². The van der Waals surface area contributed by atoms with Crippen LogP contribution in [0.25, 0.3) is 27.8 Å². The lowest BCUT2D eigenvalue weighted by molar-refractivity contribution is 0.415. The molecule has 2 aromatic carbocycles. The molecule has 0 aliphatic rings. The molecule has 0 amide bonds. The van der Waals surface area contributed by atoms with Crippen molar-refractivity contribution in [1.82, 2.24) is 14.4 Å². The maximum absolute atomic E-state index is 13.0. The minimum atomic E-state index is -0.193. The fourth-order valence-electron chi connectivity index (χ4n) is 3.62. The van der Waals surface area contributed by atoms with Gasteiger partial charge >= 0.3 is 0 Å². The molecule has 0 bridgehead atoms. The molecule has 3 heterocycles. The summed E-state index contributed by atoms with van der Waals surface area (Å²) in [6, 6.07) is 23.4. The van der Waals surface area contributed by atoms with Crippen LogP contribution in [-0.2, 0) is 6.54 Å². The second-order valence-corrected chi connectivity index (χ2v) is 7.04. The molecule has 0 aliphatic carbocycles. The molecular formula is C24H20N4O2. The van der Waals surface area contributed by atoms with Gasteiger partial charge in [-0.2, -0.15) is 0 Å². The molecule has 30 heavy (non-hydrogen) atoms. The van der Waals surface area contributed by atoms with Crippen molar-refractivity contribution in [3.63, 3.8) is 0 Å². The number of nitrogens with one attached hydrogen (secondary N) is 2. The topological polar surface area (TPSA) is 71.4 Å². The van der Waals surface area contributed by atoms with Gasteiger partial charge in [0, 0.05) is 18.8 Å². The molecule has 0 aliphatic heterocycles. The van der Waals surface area contributed by atoms with Gasteiger partial charge in [-0.05, 0) is 41.3 Å². The molecule has 3 aromatic heterocycles. The molecule has 5 aromatic rings. The van der Waals surface area contributed by atoms with E-state index in [-0.39, 0.29) is 5.56 Å². The summed E-state index contributed by atoms with van der Waals surface area (Å²) in [4.78, 5) is 20.7. The molecule has 6 nitrogen and oxygen atoms in total. The first-order chi connectivity index (χ1) is 14.7. The van der Waals surface area contributed by atoms with Crippen molar-refractivity contribution in [1.29, 1.82) is 0 Å². The number of benzene rings is 2. The number of anilines is 1. The quantitative estimate of drug-likeness (QED) is 0.460. The van der Waals surface area contributed by atoms with Gasteiger partial charge < -0.3 is 15.0 Å². The van der Waals surface area contributed by atoms with Crippen molar-refractivity contribution in [2.24, 2.45) is 0 Å². The summed E-state index contributed by atoms with van der Waals surface area (Å²) in [5, 5.41) is 4.39. The van der Waals surface area contributed by atoms with Crippen LogP contribution in [0.2, 0.25) is 0 Å². The second-order valence-electron chi connectivity index (χ2n) is 7.04. The Bertz CT molecular complexity index is 1400. The summed E-state index contributed by atoms with van der Waals surface area (Å²) in [6.45, 7) is 0.624. The first-order valence-electron chi connectivity index (χ1n) is 9.69. The Labute approximate surface area is 172 Å². The van der Waals surface area contributed by atoms with Gasteiger partial charge in [-0.3, -0.25) is 9.20 Å². The van der Waals surface area contributed by atoms with Crippen LogP contribution in [0, 0.1) is 0 Å². The minimum absolute atomic E-state index is 0.193. The number of aromatic nitrogens is 3. The molecule has 148 valence electrons. The number of hydrogen-bond donors (Lipinski definition) is 2. The van der Waals surface area contributed by atoms with E-state index in [9.17, 15) is 4.79 Å². The maximum Gasteiger partial charge on any atom is 0.258 e. The summed E-state index contributed by atoms with van der Waals surface area (Å²) in [5.74, 6) is 1.48. The summed E-state index contributed by atoms with van der Waals surface area (Å²) in [6.07, 6.45) is 1.94. The van der Waals surface area contributed by atoms with E-state index in [1.807, 2.05) is 71.3 Å². The minimum Gasteiger partial charge on any atom is -0.497 e. The Morgan fingerprint density at radius 3 is 2.70 bits per heavy atom. The number of rotatable bonds is 5. The molecule has 0 spiro atoms. The molecule has 0 saturated carbocycles. The number of H-pyrrole nitrogens is 1. The second kappa shape index (κ2) is 7.40. The van der Waals surface area contributed by atoms with E-state index in [2.05, 4.69) is 22.4 Å². The Hall–Kier alpha value is -4.06. The molecule has 0 fully saturated rings. The highest BCUT2D eigenvalue weighted by atomic mass is 16.5. The van der Waals surface area contributed by atoms with Crippen LogP contribution in [-0.4, -0.2) is 21.5 Å². The Morgan fingerprint density at radius 2 is 1.87 bits per heavy atom. The maximum atomic E-state index is 13.0. The number of fused-ring (bicyclic) bond motifs is 2. The van der Waals surface area contributed by atoms with Crippen molar-refractivity contribution in [3.05, 3.63) is 94.9 Å². The van der Waals surface area contributed by atoms with Crippen molar-refractivity contribution >= 4 is 22.4 Å². The van der Waals surface area contributed by atoms with E-state index >= 15 is 0 Å². The van der Waals surface area contributed by atoms with Gasteiger partial charge in [0.15, 0.2) is 0 Å². The first-order valence-corrected chi connectivity index (χ1v) is 9.69. The highest BCUT2D eigenvalue weighted by Gasteiger charge is 2.17. The summed E-state index contributed by atoms with van der Waals surface area (Å²) < 4.78 is 7.23. The average Bonchev–Trinajstić information content (AvgIpc) is 3.15. The van der Waals surface area contributed by atoms with Gasteiger partial charge in [-0.25, -0.2) is 4.98 Å². The van der Waals surface area contributed by atoms with E-state index in [4.69, 9.17) is 9.72 Å².